The van der Waals surface area contributed by atoms with E-state index < -0.39 is 5.91 Å². The van der Waals surface area contributed by atoms with Gasteiger partial charge in [-0.3, -0.25) is 4.79 Å². The lowest BCUT2D eigenvalue weighted by atomic mass is 10.1. The summed E-state index contributed by atoms with van der Waals surface area (Å²) in [7, 11) is 0. The smallest absolute Gasteiger partial charge is 0.257 e. The van der Waals surface area contributed by atoms with Gasteiger partial charge in [0.05, 0.1) is 23.3 Å². The van der Waals surface area contributed by atoms with Gasteiger partial charge in [-0.2, -0.15) is 10.5 Å². The van der Waals surface area contributed by atoms with Crippen LogP contribution in [-0.4, -0.2) is 10.9 Å². The third kappa shape index (κ3) is 5.96. The van der Waals surface area contributed by atoms with Crippen molar-refractivity contribution < 1.29 is 14.3 Å². The van der Waals surface area contributed by atoms with Crippen LogP contribution >= 0.6 is 0 Å². The van der Waals surface area contributed by atoms with Crippen LogP contribution in [0.5, 0.6) is 11.5 Å². The second-order valence-corrected chi connectivity index (χ2v) is 7.71. The van der Waals surface area contributed by atoms with E-state index in [1.807, 2.05) is 12.1 Å². The summed E-state index contributed by atoms with van der Waals surface area (Å²) in [6.07, 6.45) is 0. The fourth-order valence-electron chi connectivity index (χ4n) is 3.41. The maximum Gasteiger partial charge on any atom is 0.257 e. The van der Waals surface area contributed by atoms with Crippen molar-refractivity contribution in [2.75, 3.05) is 11.1 Å². The number of ether oxygens (including phenoxy) is 2. The van der Waals surface area contributed by atoms with Crippen LogP contribution in [0.3, 0.4) is 0 Å². The zero-order valence-electron chi connectivity index (χ0n) is 19.1. The topological polar surface area (TPSA) is 134 Å². The first kappa shape index (κ1) is 23.8. The molecule has 176 valence electrons. The van der Waals surface area contributed by atoms with E-state index in [0.717, 1.165) is 0 Å². The van der Waals surface area contributed by atoms with Gasteiger partial charge in [0.2, 0.25) is 0 Å². The number of aromatic nitrogens is 1. The average molecular weight is 476 g/mol. The number of hydrogen-bond acceptors (Lipinski definition) is 7. The van der Waals surface area contributed by atoms with Gasteiger partial charge in [-0.1, -0.05) is 42.5 Å². The molecule has 8 heteroatoms. The Morgan fingerprint density at radius 1 is 0.806 bits per heavy atom. The van der Waals surface area contributed by atoms with Crippen LogP contribution in [0.15, 0.2) is 84.9 Å². The quantitative estimate of drug-likeness (QED) is 0.373. The molecule has 0 unspecified atom stereocenters. The number of hydrogen-bond donors (Lipinski definition) is 2. The number of amides is 1. The molecule has 0 aliphatic heterocycles. The van der Waals surface area contributed by atoms with Crippen LogP contribution < -0.4 is 20.5 Å². The Balaban J connectivity index is 1.60. The molecule has 4 aromatic rings. The molecule has 1 aromatic heterocycles. The summed E-state index contributed by atoms with van der Waals surface area (Å²) in [5.74, 6) is 0.901. The van der Waals surface area contributed by atoms with E-state index in [1.165, 1.54) is 0 Å². The maximum absolute atomic E-state index is 13.0. The Labute approximate surface area is 208 Å². The molecule has 8 nitrogen and oxygen atoms in total. The Hall–Kier alpha value is -5.34. The van der Waals surface area contributed by atoms with Crippen LogP contribution in [0.25, 0.3) is 0 Å². The second kappa shape index (κ2) is 11.2. The van der Waals surface area contributed by atoms with Crippen LogP contribution in [0, 0.1) is 22.7 Å². The highest BCUT2D eigenvalue weighted by Gasteiger charge is 2.13. The Bertz CT molecular complexity index is 1410. The van der Waals surface area contributed by atoms with Crippen LogP contribution in [0.2, 0.25) is 0 Å². The average Bonchev–Trinajstić information content (AvgIpc) is 2.91. The first-order chi connectivity index (χ1) is 17.6. The molecule has 1 heterocycles. The SMILES string of the molecule is N#Cc1ccccc1COc1cc(OCc2ccccc2C#N)cc(C(=O)Nc2cccc(N)n2)c1. The van der Waals surface area contributed by atoms with Gasteiger partial charge in [-0.15, -0.1) is 0 Å². The summed E-state index contributed by atoms with van der Waals surface area (Å²) in [5, 5.41) is 21.4. The molecule has 0 aliphatic rings. The largest absolute Gasteiger partial charge is 0.489 e. The summed E-state index contributed by atoms with van der Waals surface area (Å²) >= 11 is 0. The van der Waals surface area contributed by atoms with Crippen molar-refractivity contribution in [3.8, 4) is 23.6 Å². The summed E-state index contributed by atoms with van der Waals surface area (Å²) in [6, 6.07) is 28.3. The van der Waals surface area contributed by atoms with Crippen molar-refractivity contribution in [3.63, 3.8) is 0 Å². The molecule has 1 amide bonds. The molecular weight excluding hydrogens is 454 g/mol. The second-order valence-electron chi connectivity index (χ2n) is 7.71. The third-order valence-corrected chi connectivity index (χ3v) is 5.22. The van der Waals surface area contributed by atoms with E-state index >= 15 is 0 Å². The van der Waals surface area contributed by atoms with Crippen molar-refractivity contribution in [1.82, 2.24) is 4.98 Å². The Morgan fingerprint density at radius 3 is 1.89 bits per heavy atom. The van der Waals surface area contributed by atoms with E-state index in [4.69, 9.17) is 15.2 Å². The molecule has 0 aliphatic carbocycles. The summed E-state index contributed by atoms with van der Waals surface area (Å²) in [6.45, 7) is 0.255. The van der Waals surface area contributed by atoms with Gasteiger partial charge in [0.25, 0.3) is 5.91 Å². The lowest BCUT2D eigenvalue weighted by molar-refractivity contribution is 0.102. The van der Waals surface area contributed by atoms with E-state index in [-0.39, 0.29) is 24.6 Å². The summed E-state index contributed by atoms with van der Waals surface area (Å²) < 4.78 is 11.9. The van der Waals surface area contributed by atoms with Crippen LogP contribution in [-0.2, 0) is 13.2 Å². The highest BCUT2D eigenvalue weighted by molar-refractivity contribution is 6.04. The molecular formula is C28H21N5O3. The molecule has 0 fully saturated rings. The zero-order valence-corrected chi connectivity index (χ0v) is 19.1. The lowest BCUT2D eigenvalue weighted by Crippen LogP contribution is -2.14. The number of pyridine rings is 1. The van der Waals surface area contributed by atoms with Crippen molar-refractivity contribution >= 4 is 17.5 Å². The predicted octanol–water partition coefficient (Wildman–Crippen LogP) is 4.82. The molecule has 3 N–H and O–H groups in total. The molecule has 3 aromatic carbocycles. The Morgan fingerprint density at radius 2 is 1.36 bits per heavy atom. The van der Waals surface area contributed by atoms with Gasteiger partial charge >= 0.3 is 0 Å². The Kier molecular flexibility index (Phi) is 7.40. The first-order valence-corrected chi connectivity index (χ1v) is 11.0. The number of rotatable bonds is 8. The fraction of sp³-hybridized carbons (Fsp3) is 0.0714. The molecule has 0 radical (unpaired) electrons. The predicted molar refractivity (Wildman–Crippen MR) is 134 cm³/mol. The molecule has 0 saturated carbocycles. The lowest BCUT2D eigenvalue weighted by Gasteiger charge is -2.14. The van der Waals surface area contributed by atoms with Crippen molar-refractivity contribution in [1.29, 1.82) is 10.5 Å². The number of nitrogens with one attached hydrogen (secondary N) is 1. The standard InChI is InChI=1S/C28H21N5O3/c29-15-19-6-1-3-8-21(19)17-35-24-12-23(28(34)33-27-11-5-10-26(31)32-27)13-25(14-24)36-18-22-9-4-2-7-20(22)16-30/h1-14H,17-18H2,(H3,31,32,33,34). The summed E-state index contributed by atoms with van der Waals surface area (Å²) in [5.41, 5.74) is 8.41. The number of nitriles is 2. The number of nitrogens with zero attached hydrogens (tertiary/aromatic N) is 3. The number of carbonyl (C=O) groups excluding carboxylic acids is 1. The van der Waals surface area contributed by atoms with E-state index in [1.54, 1.807) is 72.8 Å². The summed E-state index contributed by atoms with van der Waals surface area (Å²) in [4.78, 5) is 17.1. The van der Waals surface area contributed by atoms with Crippen LogP contribution in [0.1, 0.15) is 32.6 Å². The number of carbonyl (C=O) groups is 1. The minimum atomic E-state index is -0.432. The molecule has 0 bridgehead atoms. The normalized spacial score (nSPS) is 10.1. The van der Waals surface area contributed by atoms with Crippen molar-refractivity contribution in [3.05, 3.63) is 113 Å². The highest BCUT2D eigenvalue weighted by Crippen LogP contribution is 2.26. The molecule has 36 heavy (non-hydrogen) atoms. The number of nitrogen functional groups attached to an aromatic ring is 1. The van der Waals surface area contributed by atoms with Gasteiger partial charge in [0, 0.05) is 22.8 Å². The third-order valence-electron chi connectivity index (χ3n) is 5.22. The van der Waals surface area contributed by atoms with Gasteiger partial charge < -0.3 is 20.5 Å². The minimum absolute atomic E-state index is 0.127. The van der Waals surface area contributed by atoms with E-state index in [9.17, 15) is 15.3 Å². The van der Waals surface area contributed by atoms with Gasteiger partial charge in [0.1, 0.15) is 36.3 Å². The van der Waals surface area contributed by atoms with E-state index in [0.29, 0.717) is 39.6 Å². The molecule has 4 rings (SSSR count). The molecule has 0 atom stereocenters. The number of benzene rings is 3. The molecule has 0 spiro atoms. The van der Waals surface area contributed by atoms with E-state index in [2.05, 4.69) is 22.4 Å². The maximum atomic E-state index is 13.0. The number of anilines is 2. The van der Waals surface area contributed by atoms with Gasteiger partial charge in [0.15, 0.2) is 0 Å². The fourth-order valence-corrected chi connectivity index (χ4v) is 3.41. The van der Waals surface area contributed by atoms with Crippen molar-refractivity contribution in [2.24, 2.45) is 0 Å². The van der Waals surface area contributed by atoms with Crippen LogP contribution in [0.4, 0.5) is 11.6 Å². The zero-order chi connectivity index (χ0) is 25.3. The monoisotopic (exact) mass is 475 g/mol. The van der Waals surface area contributed by atoms with Crippen molar-refractivity contribution in [2.45, 2.75) is 13.2 Å². The highest BCUT2D eigenvalue weighted by atomic mass is 16.5. The van der Waals surface area contributed by atoms with Gasteiger partial charge in [-0.25, -0.2) is 4.98 Å². The van der Waals surface area contributed by atoms with Gasteiger partial charge in [-0.05, 0) is 36.4 Å². The minimum Gasteiger partial charge on any atom is -0.489 e. The molecule has 0 saturated heterocycles. The number of nitrogens with two attached hydrogens (primary N) is 1. The first-order valence-electron chi connectivity index (χ1n) is 11.0.